The molecule has 1 saturated heterocycles. The Morgan fingerprint density at radius 1 is 1.09 bits per heavy atom. The maximum Gasteiger partial charge on any atom is 0.256 e. The number of halogens is 1. The molecule has 0 radical (unpaired) electrons. The molecule has 5 rings (SSSR count). The van der Waals surface area contributed by atoms with Gasteiger partial charge >= 0.3 is 0 Å². The van der Waals surface area contributed by atoms with Crippen molar-refractivity contribution in [2.24, 2.45) is 0 Å². The quantitative estimate of drug-likeness (QED) is 0.468. The molecule has 0 saturated carbocycles. The summed E-state index contributed by atoms with van der Waals surface area (Å²) in [5.41, 5.74) is 3.56. The zero-order chi connectivity index (χ0) is 22.8. The van der Waals surface area contributed by atoms with Crippen LogP contribution in [0.15, 0.2) is 61.2 Å². The van der Waals surface area contributed by atoms with Crippen molar-refractivity contribution >= 4 is 5.91 Å². The second-order valence-corrected chi connectivity index (χ2v) is 8.27. The van der Waals surface area contributed by atoms with E-state index < -0.39 is 0 Å². The number of carbonyl (C=O) groups is 1. The van der Waals surface area contributed by atoms with Crippen molar-refractivity contribution < 1.29 is 9.18 Å². The van der Waals surface area contributed by atoms with Crippen LogP contribution in [0.4, 0.5) is 4.39 Å². The lowest BCUT2D eigenvalue weighted by Gasteiger charge is -2.36. The van der Waals surface area contributed by atoms with Crippen LogP contribution in [0.25, 0.3) is 17.1 Å². The normalized spacial score (nSPS) is 16.2. The van der Waals surface area contributed by atoms with Crippen molar-refractivity contribution in [1.82, 2.24) is 34.7 Å². The molecule has 8 nitrogen and oxygen atoms in total. The fourth-order valence-electron chi connectivity index (χ4n) is 4.29. The number of piperidine rings is 1. The van der Waals surface area contributed by atoms with Crippen molar-refractivity contribution in [3.8, 4) is 17.1 Å². The Morgan fingerprint density at radius 2 is 1.94 bits per heavy atom. The van der Waals surface area contributed by atoms with Gasteiger partial charge in [-0.1, -0.05) is 11.6 Å². The Balaban J connectivity index is 1.39. The molecule has 168 valence electrons. The smallest absolute Gasteiger partial charge is 0.256 e. The third kappa shape index (κ3) is 4.39. The van der Waals surface area contributed by atoms with Crippen molar-refractivity contribution in [3.05, 3.63) is 78.1 Å². The van der Waals surface area contributed by atoms with Gasteiger partial charge in [-0.15, -0.1) is 0 Å². The van der Waals surface area contributed by atoms with E-state index >= 15 is 0 Å². The molecule has 0 bridgehead atoms. The van der Waals surface area contributed by atoms with Gasteiger partial charge in [0.1, 0.15) is 11.5 Å². The largest absolute Gasteiger partial charge is 0.334 e. The Morgan fingerprint density at radius 3 is 2.73 bits per heavy atom. The minimum absolute atomic E-state index is 0.0131. The van der Waals surface area contributed by atoms with E-state index in [9.17, 15) is 9.18 Å². The minimum atomic E-state index is -0.379. The van der Waals surface area contributed by atoms with Crippen molar-refractivity contribution in [3.63, 3.8) is 0 Å². The van der Waals surface area contributed by atoms with E-state index in [4.69, 9.17) is 0 Å². The van der Waals surface area contributed by atoms with E-state index in [0.29, 0.717) is 35.7 Å². The molecule has 3 aromatic heterocycles. The summed E-state index contributed by atoms with van der Waals surface area (Å²) in [5, 5.41) is 13.1. The van der Waals surface area contributed by atoms with Crippen LogP contribution >= 0.6 is 0 Å². The van der Waals surface area contributed by atoms with Gasteiger partial charge in [-0.3, -0.25) is 14.5 Å². The number of hydrogen-bond donors (Lipinski definition) is 0. The molecular formula is C24H24FN7O. The molecule has 1 amide bonds. The Bertz CT molecular complexity index is 1250. The number of carbonyl (C=O) groups excluding carboxylic acids is 1. The maximum atomic E-state index is 13.7. The summed E-state index contributed by atoms with van der Waals surface area (Å²) in [6, 6.07) is 10.6. The van der Waals surface area contributed by atoms with Gasteiger partial charge in [-0.05, 0) is 56.5 Å². The van der Waals surface area contributed by atoms with Crippen molar-refractivity contribution in [1.29, 1.82) is 0 Å². The highest BCUT2D eigenvalue weighted by Gasteiger charge is 2.30. The van der Waals surface area contributed by atoms with Crippen LogP contribution in [0.5, 0.6) is 0 Å². The summed E-state index contributed by atoms with van der Waals surface area (Å²) < 4.78 is 15.0. The van der Waals surface area contributed by atoms with E-state index in [0.717, 1.165) is 24.8 Å². The number of likely N-dealkylation sites (tertiary alicyclic amines) is 1. The number of nitrogens with zero attached hydrogens (tertiary/aromatic N) is 7. The molecule has 0 unspecified atom stereocenters. The molecule has 0 N–H and O–H groups in total. The van der Waals surface area contributed by atoms with Gasteiger partial charge in [-0.2, -0.15) is 20.1 Å². The number of rotatable bonds is 5. The SMILES string of the molecule is Cc1ccc(-n2nccn2)c(C(=O)N2CCCC[C@H]2Cn2ccc(-c3ccc(F)cn3)n2)c1. The average Bonchev–Trinajstić information content (AvgIpc) is 3.52. The molecule has 33 heavy (non-hydrogen) atoms. The van der Waals surface area contributed by atoms with Crippen molar-refractivity contribution in [2.75, 3.05) is 6.54 Å². The fraction of sp³-hybridized carbons (Fsp3) is 0.292. The number of aryl methyl sites for hydroxylation is 1. The fourth-order valence-corrected chi connectivity index (χ4v) is 4.29. The molecule has 0 aliphatic carbocycles. The summed E-state index contributed by atoms with van der Waals surface area (Å²) in [5.74, 6) is -0.404. The highest BCUT2D eigenvalue weighted by Crippen LogP contribution is 2.25. The zero-order valence-electron chi connectivity index (χ0n) is 18.3. The summed E-state index contributed by atoms with van der Waals surface area (Å²) >= 11 is 0. The Hall–Kier alpha value is -3.88. The van der Waals surface area contributed by atoms with Gasteiger partial charge in [0.15, 0.2) is 0 Å². The third-order valence-corrected chi connectivity index (χ3v) is 5.93. The topological polar surface area (TPSA) is 81.7 Å². The second kappa shape index (κ2) is 8.93. The highest BCUT2D eigenvalue weighted by molar-refractivity contribution is 5.98. The summed E-state index contributed by atoms with van der Waals surface area (Å²) in [4.78, 5) is 21.2. The van der Waals surface area contributed by atoms with E-state index in [2.05, 4.69) is 20.3 Å². The van der Waals surface area contributed by atoms with Crippen LogP contribution in [0.1, 0.15) is 35.2 Å². The average molecular weight is 446 g/mol. The van der Waals surface area contributed by atoms with Crippen molar-refractivity contribution in [2.45, 2.75) is 38.8 Å². The van der Waals surface area contributed by atoms with Gasteiger partial charge in [0.05, 0.1) is 48.1 Å². The third-order valence-electron chi connectivity index (χ3n) is 5.93. The number of aromatic nitrogens is 6. The lowest BCUT2D eigenvalue weighted by atomic mass is 9.99. The molecular weight excluding hydrogens is 421 g/mol. The molecule has 1 aliphatic heterocycles. The van der Waals surface area contributed by atoms with Gasteiger partial charge in [0.25, 0.3) is 5.91 Å². The zero-order valence-corrected chi connectivity index (χ0v) is 18.3. The molecule has 4 heterocycles. The Kier molecular flexibility index (Phi) is 5.68. The van der Waals surface area contributed by atoms with Crippen LogP contribution in [0.2, 0.25) is 0 Å². The van der Waals surface area contributed by atoms with Crippen LogP contribution < -0.4 is 0 Å². The standard InChI is InChI=1S/C24H24FN7O/c1-17-5-8-23(32-27-10-11-28-32)20(14-17)24(33)31-12-3-2-4-19(31)16-30-13-9-22(29-30)21-7-6-18(25)15-26-21/h5-11,13-15,19H,2-4,12,16H2,1H3/t19-/m0/s1. The summed E-state index contributed by atoms with van der Waals surface area (Å²) in [6.45, 7) is 3.24. The van der Waals surface area contributed by atoms with Crippen LogP contribution in [0, 0.1) is 12.7 Å². The first-order valence-corrected chi connectivity index (χ1v) is 11.0. The van der Waals surface area contributed by atoms with Crippen LogP contribution in [0.3, 0.4) is 0 Å². The lowest BCUT2D eigenvalue weighted by molar-refractivity contribution is 0.0583. The number of benzene rings is 1. The highest BCUT2D eigenvalue weighted by atomic mass is 19.1. The number of hydrogen-bond acceptors (Lipinski definition) is 5. The molecule has 1 aliphatic rings. The molecule has 4 aromatic rings. The number of pyridine rings is 1. The first kappa shape index (κ1) is 21.0. The monoisotopic (exact) mass is 445 g/mol. The minimum Gasteiger partial charge on any atom is -0.334 e. The summed E-state index contributed by atoms with van der Waals surface area (Å²) in [7, 11) is 0. The molecule has 9 heteroatoms. The molecule has 1 aromatic carbocycles. The van der Waals surface area contributed by atoms with Crippen LogP contribution in [-0.2, 0) is 6.54 Å². The van der Waals surface area contributed by atoms with Gasteiger partial charge in [-0.25, -0.2) is 4.39 Å². The van der Waals surface area contributed by atoms with Gasteiger partial charge in [0.2, 0.25) is 0 Å². The van der Waals surface area contributed by atoms with E-state index in [-0.39, 0.29) is 17.8 Å². The summed E-state index contributed by atoms with van der Waals surface area (Å²) in [6.07, 6.45) is 9.19. The number of amides is 1. The molecule has 1 atom stereocenters. The van der Waals surface area contributed by atoms with Gasteiger partial charge < -0.3 is 4.90 Å². The molecule has 1 fully saturated rings. The predicted octanol–water partition coefficient (Wildman–Crippen LogP) is 3.67. The first-order valence-electron chi connectivity index (χ1n) is 11.0. The predicted molar refractivity (Wildman–Crippen MR) is 120 cm³/mol. The second-order valence-electron chi connectivity index (χ2n) is 8.27. The van der Waals surface area contributed by atoms with Gasteiger partial charge in [0, 0.05) is 12.7 Å². The maximum absolute atomic E-state index is 13.7. The van der Waals surface area contributed by atoms with E-state index in [1.807, 2.05) is 47.0 Å². The lowest BCUT2D eigenvalue weighted by Crippen LogP contribution is -2.46. The van der Waals surface area contributed by atoms with Crippen LogP contribution in [-0.4, -0.2) is 53.2 Å². The molecule has 0 spiro atoms. The first-order chi connectivity index (χ1) is 16.1. The van der Waals surface area contributed by atoms with E-state index in [1.165, 1.54) is 17.1 Å². The Labute approximate surface area is 190 Å². The van der Waals surface area contributed by atoms with E-state index in [1.54, 1.807) is 18.5 Å².